The summed E-state index contributed by atoms with van der Waals surface area (Å²) in [7, 11) is 3.54. The molecule has 4 aromatic rings. The van der Waals surface area contributed by atoms with Gasteiger partial charge in [0.1, 0.15) is 16.4 Å². The van der Waals surface area contributed by atoms with E-state index in [1.165, 1.54) is 0 Å². The number of hydrogen-bond donors (Lipinski definition) is 0. The van der Waals surface area contributed by atoms with Crippen LogP contribution in [-0.2, 0) is 7.05 Å². The first-order valence-corrected chi connectivity index (χ1v) is 7.46. The number of aromatic nitrogens is 4. The van der Waals surface area contributed by atoms with Crippen molar-refractivity contribution in [2.75, 3.05) is 7.11 Å². The molecule has 23 heavy (non-hydrogen) atoms. The third-order valence-electron chi connectivity index (χ3n) is 3.77. The van der Waals surface area contributed by atoms with Crippen molar-refractivity contribution in [1.29, 1.82) is 0 Å². The van der Waals surface area contributed by atoms with E-state index in [9.17, 15) is 0 Å². The lowest BCUT2D eigenvalue weighted by Crippen LogP contribution is -1.93. The minimum atomic E-state index is 0.460. The number of hydrogen-bond acceptors (Lipinski definition) is 4. The molecule has 114 valence electrons. The zero-order chi connectivity index (χ0) is 16.0. The number of ether oxygens (including phenoxy) is 1. The highest BCUT2D eigenvalue weighted by atomic mass is 35.5. The van der Waals surface area contributed by atoms with Crippen molar-refractivity contribution in [3.8, 4) is 17.0 Å². The van der Waals surface area contributed by atoms with Gasteiger partial charge in [0.05, 0.1) is 24.5 Å². The summed E-state index contributed by atoms with van der Waals surface area (Å²) >= 11 is 5.97. The summed E-state index contributed by atoms with van der Waals surface area (Å²) in [6, 6.07) is 9.56. The van der Waals surface area contributed by atoms with Gasteiger partial charge >= 0.3 is 0 Å². The number of pyridine rings is 2. The normalized spacial score (nSPS) is 11.3. The summed E-state index contributed by atoms with van der Waals surface area (Å²) in [6.45, 7) is 0. The van der Waals surface area contributed by atoms with Crippen LogP contribution < -0.4 is 4.74 Å². The van der Waals surface area contributed by atoms with E-state index < -0.39 is 0 Å². The number of fused-ring (bicyclic) bond motifs is 2. The molecule has 5 nitrogen and oxygen atoms in total. The fourth-order valence-electron chi connectivity index (χ4n) is 2.77. The standard InChI is InChI=1S/C17H13ClN4O/c1-22-9-10-7-14(19-8-15(10)21-22)12-3-5-13-11(17(12)23-2)4-6-16(18)20-13/h3-9H,1-2H3. The molecule has 0 bridgehead atoms. The second kappa shape index (κ2) is 5.21. The third-order valence-corrected chi connectivity index (χ3v) is 3.98. The van der Waals surface area contributed by atoms with Gasteiger partial charge in [-0.1, -0.05) is 11.6 Å². The average molecular weight is 325 g/mol. The van der Waals surface area contributed by atoms with Crippen molar-refractivity contribution < 1.29 is 4.74 Å². The van der Waals surface area contributed by atoms with Crippen LogP contribution in [-0.4, -0.2) is 26.9 Å². The fourth-order valence-corrected chi connectivity index (χ4v) is 2.93. The topological polar surface area (TPSA) is 52.8 Å². The number of methoxy groups -OCH3 is 1. The summed E-state index contributed by atoms with van der Waals surface area (Å²) in [5.74, 6) is 0.738. The van der Waals surface area contributed by atoms with Crippen LogP contribution in [0.15, 0.2) is 42.7 Å². The Kier molecular flexibility index (Phi) is 3.16. The van der Waals surface area contributed by atoms with Gasteiger partial charge in [-0.2, -0.15) is 5.10 Å². The van der Waals surface area contributed by atoms with Crippen molar-refractivity contribution in [1.82, 2.24) is 19.7 Å². The smallest absolute Gasteiger partial charge is 0.137 e. The van der Waals surface area contributed by atoms with Crippen LogP contribution >= 0.6 is 11.6 Å². The molecule has 0 amide bonds. The van der Waals surface area contributed by atoms with Gasteiger partial charge in [-0.3, -0.25) is 9.67 Å². The Balaban J connectivity index is 1.97. The highest BCUT2D eigenvalue weighted by molar-refractivity contribution is 6.29. The minimum absolute atomic E-state index is 0.460. The van der Waals surface area contributed by atoms with Gasteiger partial charge in [-0.25, -0.2) is 4.98 Å². The quantitative estimate of drug-likeness (QED) is 0.526. The molecule has 0 atom stereocenters. The average Bonchev–Trinajstić information content (AvgIpc) is 2.92. The van der Waals surface area contributed by atoms with Gasteiger partial charge in [0, 0.05) is 29.6 Å². The van der Waals surface area contributed by atoms with Crippen molar-refractivity contribution in [2.24, 2.45) is 7.05 Å². The van der Waals surface area contributed by atoms with Crippen molar-refractivity contribution in [3.05, 3.63) is 47.9 Å². The van der Waals surface area contributed by atoms with Crippen LogP contribution in [0.1, 0.15) is 0 Å². The lowest BCUT2D eigenvalue weighted by Gasteiger charge is -2.11. The fraction of sp³-hybridized carbons (Fsp3) is 0.118. The van der Waals surface area contributed by atoms with E-state index in [1.807, 2.05) is 37.5 Å². The largest absolute Gasteiger partial charge is 0.495 e. The Hall–Kier alpha value is -2.66. The molecular weight excluding hydrogens is 312 g/mol. The Morgan fingerprint density at radius 1 is 1.13 bits per heavy atom. The summed E-state index contributed by atoms with van der Waals surface area (Å²) in [6.07, 6.45) is 3.74. The van der Waals surface area contributed by atoms with Crippen molar-refractivity contribution in [2.45, 2.75) is 0 Å². The van der Waals surface area contributed by atoms with Gasteiger partial charge < -0.3 is 4.74 Å². The zero-order valence-electron chi connectivity index (χ0n) is 12.6. The van der Waals surface area contributed by atoms with E-state index in [4.69, 9.17) is 16.3 Å². The Bertz CT molecular complexity index is 1040. The van der Waals surface area contributed by atoms with Crippen LogP contribution in [0.2, 0.25) is 5.15 Å². The van der Waals surface area contributed by atoms with Gasteiger partial charge in [0.2, 0.25) is 0 Å². The van der Waals surface area contributed by atoms with Crippen molar-refractivity contribution >= 4 is 33.4 Å². The predicted octanol–water partition coefficient (Wildman–Crippen LogP) is 3.85. The van der Waals surface area contributed by atoms with E-state index in [0.29, 0.717) is 5.15 Å². The maximum absolute atomic E-state index is 5.97. The third kappa shape index (κ3) is 2.29. The second-order valence-corrected chi connectivity index (χ2v) is 5.67. The number of nitrogens with zero attached hydrogens (tertiary/aromatic N) is 4. The molecule has 0 aliphatic rings. The monoisotopic (exact) mass is 324 g/mol. The van der Waals surface area contributed by atoms with Gasteiger partial charge in [0.25, 0.3) is 0 Å². The molecule has 3 heterocycles. The Morgan fingerprint density at radius 2 is 2.00 bits per heavy atom. The van der Waals surface area contributed by atoms with Crippen LogP contribution in [0.4, 0.5) is 0 Å². The molecule has 0 unspecified atom stereocenters. The molecule has 0 spiro atoms. The Labute approximate surface area is 137 Å². The summed E-state index contributed by atoms with van der Waals surface area (Å²) in [5, 5.41) is 6.75. The van der Waals surface area contributed by atoms with Gasteiger partial charge in [0.15, 0.2) is 0 Å². The van der Waals surface area contributed by atoms with Crippen molar-refractivity contribution in [3.63, 3.8) is 0 Å². The second-order valence-electron chi connectivity index (χ2n) is 5.28. The molecule has 0 aliphatic heterocycles. The first-order chi connectivity index (χ1) is 11.2. The van der Waals surface area contributed by atoms with Crippen LogP contribution in [0.3, 0.4) is 0 Å². The number of rotatable bonds is 2. The highest BCUT2D eigenvalue weighted by Crippen LogP contribution is 2.36. The number of halogens is 1. The zero-order valence-corrected chi connectivity index (χ0v) is 13.4. The lowest BCUT2D eigenvalue weighted by atomic mass is 10.0. The molecule has 0 aliphatic carbocycles. The summed E-state index contributed by atoms with van der Waals surface area (Å²) in [4.78, 5) is 8.85. The first-order valence-electron chi connectivity index (χ1n) is 7.09. The highest BCUT2D eigenvalue weighted by Gasteiger charge is 2.13. The number of benzene rings is 1. The van der Waals surface area contributed by atoms with E-state index in [0.717, 1.165) is 38.8 Å². The molecule has 3 aromatic heterocycles. The molecule has 0 saturated heterocycles. The SMILES string of the molecule is COc1c(-c2cc3cn(C)nc3cn2)ccc2nc(Cl)ccc12. The molecule has 0 radical (unpaired) electrons. The van der Waals surface area contributed by atoms with Gasteiger partial charge in [-0.15, -0.1) is 0 Å². The van der Waals surface area contributed by atoms with E-state index in [1.54, 1.807) is 24.1 Å². The Morgan fingerprint density at radius 3 is 2.83 bits per heavy atom. The van der Waals surface area contributed by atoms with Gasteiger partial charge in [-0.05, 0) is 30.3 Å². The maximum Gasteiger partial charge on any atom is 0.137 e. The van der Waals surface area contributed by atoms with E-state index in [-0.39, 0.29) is 0 Å². The maximum atomic E-state index is 5.97. The lowest BCUT2D eigenvalue weighted by molar-refractivity contribution is 0.421. The minimum Gasteiger partial charge on any atom is -0.495 e. The molecule has 1 aromatic carbocycles. The molecule has 0 N–H and O–H groups in total. The van der Waals surface area contributed by atoms with Crippen LogP contribution in [0.5, 0.6) is 5.75 Å². The van der Waals surface area contributed by atoms with E-state index in [2.05, 4.69) is 15.1 Å². The summed E-state index contributed by atoms with van der Waals surface area (Å²) < 4.78 is 7.40. The molecule has 6 heteroatoms. The first kappa shape index (κ1) is 14.0. The number of aryl methyl sites for hydroxylation is 1. The summed E-state index contributed by atoms with van der Waals surface area (Å²) in [5.41, 5.74) is 3.40. The van der Waals surface area contributed by atoms with Crippen LogP contribution in [0, 0.1) is 0 Å². The molecule has 0 saturated carbocycles. The predicted molar refractivity (Wildman–Crippen MR) is 90.8 cm³/mol. The molecule has 0 fully saturated rings. The molecular formula is C17H13ClN4O. The molecule has 4 rings (SSSR count). The van der Waals surface area contributed by atoms with Crippen LogP contribution in [0.25, 0.3) is 33.1 Å². The van der Waals surface area contributed by atoms with E-state index >= 15 is 0 Å².